The second-order valence-electron chi connectivity index (χ2n) is 5.56. The Morgan fingerprint density at radius 1 is 1.00 bits per heavy atom. The van der Waals surface area contributed by atoms with E-state index in [-0.39, 0.29) is 0 Å². The SMILES string of the molecule is CCc1ccc2oc3ccc(C(C)(C)O)cc3c2c1. The van der Waals surface area contributed by atoms with Gasteiger partial charge in [0.1, 0.15) is 11.2 Å². The molecule has 0 atom stereocenters. The average molecular weight is 254 g/mol. The van der Waals surface area contributed by atoms with Crippen LogP contribution in [0.2, 0.25) is 0 Å². The quantitative estimate of drug-likeness (QED) is 0.736. The summed E-state index contributed by atoms with van der Waals surface area (Å²) in [5.41, 5.74) is 3.14. The fourth-order valence-corrected chi connectivity index (χ4v) is 2.43. The Hall–Kier alpha value is -1.80. The third-order valence-electron chi connectivity index (χ3n) is 3.65. The molecule has 1 aromatic heterocycles. The van der Waals surface area contributed by atoms with Crippen LogP contribution in [0.3, 0.4) is 0 Å². The summed E-state index contributed by atoms with van der Waals surface area (Å²) in [6.07, 6.45) is 1.01. The second-order valence-corrected chi connectivity index (χ2v) is 5.56. The average Bonchev–Trinajstić information content (AvgIpc) is 2.74. The van der Waals surface area contributed by atoms with Crippen LogP contribution in [0.1, 0.15) is 31.9 Å². The molecule has 0 fully saturated rings. The highest BCUT2D eigenvalue weighted by molar-refractivity contribution is 6.05. The molecular weight excluding hydrogens is 236 g/mol. The molecule has 1 N–H and O–H groups in total. The molecule has 3 aromatic rings. The van der Waals surface area contributed by atoms with Gasteiger partial charge in [0.25, 0.3) is 0 Å². The minimum absolute atomic E-state index is 0.833. The molecule has 0 radical (unpaired) electrons. The number of aryl methyl sites for hydroxylation is 1. The van der Waals surface area contributed by atoms with Gasteiger partial charge in [0.2, 0.25) is 0 Å². The molecule has 0 bridgehead atoms. The van der Waals surface area contributed by atoms with E-state index in [1.165, 1.54) is 5.56 Å². The minimum atomic E-state index is -0.833. The van der Waals surface area contributed by atoms with Gasteiger partial charge in [-0.1, -0.05) is 19.1 Å². The molecule has 0 saturated carbocycles. The number of fused-ring (bicyclic) bond motifs is 3. The third kappa shape index (κ3) is 2.02. The summed E-state index contributed by atoms with van der Waals surface area (Å²) in [6, 6.07) is 12.2. The monoisotopic (exact) mass is 254 g/mol. The zero-order valence-corrected chi connectivity index (χ0v) is 11.5. The van der Waals surface area contributed by atoms with E-state index in [9.17, 15) is 5.11 Å². The van der Waals surface area contributed by atoms with Crippen LogP contribution in [0.15, 0.2) is 40.8 Å². The zero-order chi connectivity index (χ0) is 13.6. The van der Waals surface area contributed by atoms with Crippen LogP contribution < -0.4 is 0 Å². The van der Waals surface area contributed by atoms with Gasteiger partial charge in [0.15, 0.2) is 0 Å². The first kappa shape index (κ1) is 12.2. The van der Waals surface area contributed by atoms with Crippen molar-refractivity contribution in [2.75, 3.05) is 0 Å². The van der Waals surface area contributed by atoms with Crippen molar-refractivity contribution in [1.29, 1.82) is 0 Å². The van der Waals surface area contributed by atoms with Crippen molar-refractivity contribution in [3.63, 3.8) is 0 Å². The van der Waals surface area contributed by atoms with E-state index in [1.54, 1.807) is 13.8 Å². The minimum Gasteiger partial charge on any atom is -0.456 e. The molecule has 2 aromatic carbocycles. The Labute approximate surface area is 112 Å². The highest BCUT2D eigenvalue weighted by Crippen LogP contribution is 2.32. The third-order valence-corrected chi connectivity index (χ3v) is 3.65. The normalized spacial score (nSPS) is 12.4. The summed E-state index contributed by atoms with van der Waals surface area (Å²) in [4.78, 5) is 0. The molecule has 0 spiro atoms. The predicted octanol–water partition coefficient (Wildman–Crippen LogP) is 4.38. The van der Waals surface area contributed by atoms with E-state index in [0.29, 0.717) is 0 Å². The van der Waals surface area contributed by atoms with Crippen molar-refractivity contribution in [3.05, 3.63) is 47.5 Å². The van der Waals surface area contributed by atoms with Gasteiger partial charge in [0.05, 0.1) is 5.60 Å². The van der Waals surface area contributed by atoms with E-state index in [2.05, 4.69) is 19.1 Å². The van der Waals surface area contributed by atoms with Crippen molar-refractivity contribution >= 4 is 21.9 Å². The summed E-state index contributed by atoms with van der Waals surface area (Å²) < 4.78 is 5.84. The Morgan fingerprint density at radius 2 is 1.63 bits per heavy atom. The summed E-state index contributed by atoms with van der Waals surface area (Å²) in [5, 5.41) is 12.3. The Morgan fingerprint density at radius 3 is 2.26 bits per heavy atom. The summed E-state index contributed by atoms with van der Waals surface area (Å²) in [7, 11) is 0. The maximum atomic E-state index is 10.1. The molecule has 0 saturated heterocycles. The zero-order valence-electron chi connectivity index (χ0n) is 11.5. The standard InChI is InChI=1S/C17H18O2/c1-4-11-5-7-15-13(9-11)14-10-12(17(2,3)18)6-8-16(14)19-15/h5-10,18H,4H2,1-3H3. The lowest BCUT2D eigenvalue weighted by atomic mass is 9.96. The first-order chi connectivity index (χ1) is 8.99. The van der Waals surface area contributed by atoms with Gasteiger partial charge in [-0.2, -0.15) is 0 Å². The fraction of sp³-hybridized carbons (Fsp3) is 0.294. The van der Waals surface area contributed by atoms with Gasteiger partial charge >= 0.3 is 0 Å². The molecule has 0 aliphatic heterocycles. The summed E-state index contributed by atoms with van der Waals surface area (Å²) >= 11 is 0. The van der Waals surface area contributed by atoms with E-state index in [1.807, 2.05) is 24.3 Å². The number of furan rings is 1. The van der Waals surface area contributed by atoms with Gasteiger partial charge in [-0.3, -0.25) is 0 Å². The van der Waals surface area contributed by atoms with Crippen molar-refractivity contribution < 1.29 is 9.52 Å². The molecule has 1 heterocycles. The largest absolute Gasteiger partial charge is 0.456 e. The lowest BCUT2D eigenvalue weighted by Gasteiger charge is -2.17. The highest BCUT2D eigenvalue weighted by Gasteiger charge is 2.17. The van der Waals surface area contributed by atoms with Crippen LogP contribution in [0, 0.1) is 0 Å². The fourth-order valence-electron chi connectivity index (χ4n) is 2.43. The molecule has 0 aliphatic rings. The topological polar surface area (TPSA) is 33.4 Å². The van der Waals surface area contributed by atoms with Gasteiger partial charge in [0, 0.05) is 10.8 Å². The first-order valence-electron chi connectivity index (χ1n) is 6.67. The molecule has 2 heteroatoms. The molecular formula is C17H18O2. The molecule has 0 unspecified atom stereocenters. The van der Waals surface area contributed by atoms with E-state index in [4.69, 9.17) is 4.42 Å². The Bertz CT molecular complexity index is 745. The van der Waals surface area contributed by atoms with Crippen LogP contribution >= 0.6 is 0 Å². The van der Waals surface area contributed by atoms with Crippen LogP contribution in [-0.4, -0.2) is 5.11 Å². The van der Waals surface area contributed by atoms with Gasteiger partial charge in [-0.25, -0.2) is 0 Å². The maximum Gasteiger partial charge on any atom is 0.135 e. The predicted molar refractivity (Wildman–Crippen MR) is 78.3 cm³/mol. The number of benzene rings is 2. The van der Waals surface area contributed by atoms with Gasteiger partial charge in [-0.05, 0) is 55.7 Å². The highest BCUT2D eigenvalue weighted by atomic mass is 16.3. The molecule has 0 aliphatic carbocycles. The van der Waals surface area contributed by atoms with Crippen molar-refractivity contribution in [3.8, 4) is 0 Å². The number of rotatable bonds is 2. The van der Waals surface area contributed by atoms with Crippen LogP contribution in [-0.2, 0) is 12.0 Å². The van der Waals surface area contributed by atoms with E-state index < -0.39 is 5.60 Å². The lowest BCUT2D eigenvalue weighted by molar-refractivity contribution is 0.0787. The van der Waals surface area contributed by atoms with Crippen LogP contribution in [0.25, 0.3) is 21.9 Å². The van der Waals surface area contributed by atoms with E-state index >= 15 is 0 Å². The van der Waals surface area contributed by atoms with Crippen molar-refractivity contribution in [2.45, 2.75) is 32.8 Å². The first-order valence-corrected chi connectivity index (χ1v) is 6.67. The maximum absolute atomic E-state index is 10.1. The molecule has 3 rings (SSSR count). The number of hydrogen-bond acceptors (Lipinski definition) is 2. The molecule has 98 valence electrons. The molecule has 0 amide bonds. The van der Waals surface area contributed by atoms with Gasteiger partial charge < -0.3 is 9.52 Å². The van der Waals surface area contributed by atoms with Crippen LogP contribution in [0.4, 0.5) is 0 Å². The summed E-state index contributed by atoms with van der Waals surface area (Å²) in [5.74, 6) is 0. The summed E-state index contributed by atoms with van der Waals surface area (Å²) in [6.45, 7) is 5.74. The van der Waals surface area contributed by atoms with Crippen LogP contribution in [0.5, 0.6) is 0 Å². The second kappa shape index (κ2) is 4.10. The van der Waals surface area contributed by atoms with E-state index in [0.717, 1.165) is 33.9 Å². The van der Waals surface area contributed by atoms with Crippen molar-refractivity contribution in [1.82, 2.24) is 0 Å². The number of hydrogen-bond donors (Lipinski definition) is 1. The molecule has 2 nitrogen and oxygen atoms in total. The lowest BCUT2D eigenvalue weighted by Crippen LogP contribution is -2.14. The number of aliphatic hydroxyl groups is 1. The molecule has 19 heavy (non-hydrogen) atoms. The van der Waals surface area contributed by atoms with Crippen molar-refractivity contribution in [2.24, 2.45) is 0 Å². The Kier molecular flexibility index (Phi) is 2.64. The van der Waals surface area contributed by atoms with Gasteiger partial charge in [-0.15, -0.1) is 0 Å². The Balaban J connectivity index is 2.33. The smallest absolute Gasteiger partial charge is 0.135 e.